The zero-order valence-electron chi connectivity index (χ0n) is 20.5. The van der Waals surface area contributed by atoms with Gasteiger partial charge in [-0.05, 0) is 43.2 Å². The number of fused-ring (bicyclic) bond motifs is 2. The maximum atomic E-state index is 13.4. The van der Waals surface area contributed by atoms with Gasteiger partial charge in [0.25, 0.3) is 5.91 Å². The maximum Gasteiger partial charge on any atom is 0.323 e. The number of nitrogens with zero attached hydrogens (tertiary/aromatic N) is 1. The molecule has 0 unspecified atom stereocenters. The molecule has 4 rings (SSSR count). The van der Waals surface area contributed by atoms with Gasteiger partial charge in [-0.25, -0.2) is 4.79 Å². The van der Waals surface area contributed by atoms with Crippen LogP contribution in [0.1, 0.15) is 29.6 Å². The first-order valence-corrected chi connectivity index (χ1v) is 12.0. The average Bonchev–Trinajstić information content (AvgIpc) is 2.87. The van der Waals surface area contributed by atoms with Gasteiger partial charge in [-0.15, -0.1) is 0 Å². The van der Waals surface area contributed by atoms with Crippen molar-refractivity contribution < 1.29 is 28.6 Å². The number of hydrogen-bond donors (Lipinski definition) is 3. The summed E-state index contributed by atoms with van der Waals surface area (Å²) in [6.45, 7) is 1.16. The predicted molar refractivity (Wildman–Crippen MR) is 134 cm³/mol. The summed E-state index contributed by atoms with van der Waals surface area (Å²) in [6.07, 6.45) is 1.01. The van der Waals surface area contributed by atoms with Gasteiger partial charge in [-0.3, -0.25) is 9.59 Å². The number of amides is 4. The predicted octanol–water partition coefficient (Wildman–Crippen LogP) is 2.86. The quantitative estimate of drug-likeness (QED) is 0.508. The lowest BCUT2D eigenvalue weighted by molar-refractivity contribution is -0.134. The molecule has 2 aliphatic rings. The Morgan fingerprint density at radius 3 is 2.64 bits per heavy atom. The summed E-state index contributed by atoms with van der Waals surface area (Å²) in [5.74, 6) is 0.113. The Kier molecular flexibility index (Phi) is 8.40. The molecule has 10 nitrogen and oxygen atoms in total. The lowest BCUT2D eigenvalue weighted by atomic mass is 9.94. The first kappa shape index (κ1) is 25.5. The summed E-state index contributed by atoms with van der Waals surface area (Å²) in [5.41, 5.74) is 1.51. The third kappa shape index (κ3) is 6.32. The number of nitrogens with one attached hydrogen (secondary N) is 3. The van der Waals surface area contributed by atoms with Gasteiger partial charge in [0.05, 0.1) is 30.7 Å². The fraction of sp³-hybridized carbons (Fsp3) is 0.423. The van der Waals surface area contributed by atoms with Crippen molar-refractivity contribution in [3.8, 4) is 5.75 Å². The molecule has 0 saturated carbocycles. The number of carbonyl (C=O) groups excluding carboxylic acids is 3. The fourth-order valence-electron chi connectivity index (χ4n) is 4.49. The minimum absolute atomic E-state index is 0.0895. The van der Waals surface area contributed by atoms with E-state index in [0.717, 1.165) is 0 Å². The van der Waals surface area contributed by atoms with Crippen molar-refractivity contribution in [2.75, 3.05) is 44.5 Å². The molecular formula is C26H32N4O6. The van der Waals surface area contributed by atoms with Gasteiger partial charge in [0, 0.05) is 32.1 Å². The van der Waals surface area contributed by atoms with Gasteiger partial charge in [0.2, 0.25) is 5.91 Å². The molecule has 2 aliphatic heterocycles. The summed E-state index contributed by atoms with van der Waals surface area (Å²) in [5, 5.41) is 8.33. The summed E-state index contributed by atoms with van der Waals surface area (Å²) in [7, 11) is 3.33. The molecule has 0 radical (unpaired) electrons. The van der Waals surface area contributed by atoms with Gasteiger partial charge in [0.1, 0.15) is 18.5 Å². The molecule has 2 heterocycles. The van der Waals surface area contributed by atoms with Crippen molar-refractivity contribution in [1.82, 2.24) is 10.2 Å². The highest BCUT2D eigenvalue weighted by Crippen LogP contribution is 2.32. The molecule has 4 amide bonds. The van der Waals surface area contributed by atoms with Crippen LogP contribution in [0.25, 0.3) is 0 Å². The fourth-order valence-corrected chi connectivity index (χ4v) is 4.49. The molecule has 3 atom stereocenters. The van der Waals surface area contributed by atoms with Crippen molar-refractivity contribution >= 4 is 29.2 Å². The number of likely N-dealkylation sites (N-methyl/N-ethyl adjacent to an activating group) is 1. The summed E-state index contributed by atoms with van der Waals surface area (Å²) in [6, 6.07) is 13.5. The molecule has 0 aromatic heterocycles. The molecule has 36 heavy (non-hydrogen) atoms. The number of anilines is 2. The number of rotatable bonds is 7. The third-order valence-corrected chi connectivity index (χ3v) is 6.34. The van der Waals surface area contributed by atoms with Crippen LogP contribution in [0, 0.1) is 0 Å². The molecule has 2 aromatic carbocycles. The van der Waals surface area contributed by atoms with E-state index in [0.29, 0.717) is 48.7 Å². The number of hydrogen-bond acceptors (Lipinski definition) is 6. The molecule has 0 aliphatic carbocycles. The van der Waals surface area contributed by atoms with E-state index in [1.807, 2.05) is 18.2 Å². The molecule has 3 N–H and O–H groups in total. The zero-order chi connectivity index (χ0) is 25.5. The van der Waals surface area contributed by atoms with Crippen LogP contribution in [0.15, 0.2) is 48.5 Å². The van der Waals surface area contributed by atoms with E-state index in [-0.39, 0.29) is 43.1 Å². The van der Waals surface area contributed by atoms with Crippen LogP contribution in [-0.2, 0) is 14.3 Å². The van der Waals surface area contributed by atoms with Gasteiger partial charge < -0.3 is 35.1 Å². The van der Waals surface area contributed by atoms with E-state index >= 15 is 0 Å². The highest BCUT2D eigenvalue weighted by molar-refractivity contribution is 6.02. The maximum absolute atomic E-state index is 13.4. The topological polar surface area (TPSA) is 118 Å². The van der Waals surface area contributed by atoms with E-state index in [1.54, 1.807) is 49.4 Å². The lowest BCUT2D eigenvalue weighted by Crippen LogP contribution is -2.54. The van der Waals surface area contributed by atoms with Crippen LogP contribution < -0.4 is 20.7 Å². The van der Waals surface area contributed by atoms with Crippen LogP contribution in [-0.4, -0.2) is 74.9 Å². The van der Waals surface area contributed by atoms with Crippen LogP contribution in [0.2, 0.25) is 0 Å². The average molecular weight is 497 g/mol. The second-order valence-electron chi connectivity index (χ2n) is 8.87. The number of benzene rings is 2. The number of carbonyl (C=O) groups is 3. The molecule has 10 heteroatoms. The van der Waals surface area contributed by atoms with Crippen molar-refractivity contribution in [2.45, 2.75) is 37.5 Å². The second kappa shape index (κ2) is 11.9. The van der Waals surface area contributed by atoms with Crippen molar-refractivity contribution in [3.05, 3.63) is 54.1 Å². The minimum Gasteiger partial charge on any atom is -0.490 e. The van der Waals surface area contributed by atoms with E-state index < -0.39 is 6.03 Å². The number of methoxy groups -OCH3 is 1. The normalized spacial score (nSPS) is 21.2. The van der Waals surface area contributed by atoms with Crippen LogP contribution in [0.5, 0.6) is 5.75 Å². The number of ether oxygens (including phenoxy) is 3. The summed E-state index contributed by atoms with van der Waals surface area (Å²) >= 11 is 0. The van der Waals surface area contributed by atoms with E-state index in [1.165, 1.54) is 0 Å². The van der Waals surface area contributed by atoms with Crippen molar-refractivity contribution in [1.29, 1.82) is 0 Å². The van der Waals surface area contributed by atoms with Gasteiger partial charge in [-0.1, -0.05) is 18.2 Å². The molecule has 1 saturated heterocycles. The second-order valence-corrected chi connectivity index (χ2v) is 8.87. The molecule has 1 fully saturated rings. The van der Waals surface area contributed by atoms with E-state index in [4.69, 9.17) is 14.2 Å². The van der Waals surface area contributed by atoms with Gasteiger partial charge in [-0.2, -0.15) is 0 Å². The largest absolute Gasteiger partial charge is 0.490 e. The summed E-state index contributed by atoms with van der Waals surface area (Å²) < 4.78 is 17.1. The minimum atomic E-state index is -0.410. The highest BCUT2D eigenvalue weighted by atomic mass is 16.5. The first-order valence-electron chi connectivity index (χ1n) is 12.0. The Labute approximate surface area is 210 Å². The van der Waals surface area contributed by atoms with Crippen LogP contribution >= 0.6 is 0 Å². The highest BCUT2D eigenvalue weighted by Gasteiger charge is 2.39. The molecule has 0 bridgehead atoms. The van der Waals surface area contributed by atoms with Crippen molar-refractivity contribution in [3.63, 3.8) is 0 Å². The standard InChI is InChI=1S/C26H32N4O6/c1-30-21-10-9-19(15-24(31)27-12-13-34-2)36-23(21)16-35-22-11-8-18(14-20(22)25(30)32)29-26(33)28-17-6-4-3-5-7-17/h3-8,11,14,19,21,23H,9-10,12-13,15-16H2,1-2H3,(H,27,31)(H2,28,29,33)/t19-,21-,23-/m1/s1. The van der Waals surface area contributed by atoms with Crippen LogP contribution in [0.3, 0.4) is 0 Å². The van der Waals surface area contributed by atoms with Crippen molar-refractivity contribution in [2.24, 2.45) is 0 Å². The zero-order valence-corrected chi connectivity index (χ0v) is 20.5. The SMILES string of the molecule is COCCNC(=O)C[C@H]1CC[C@@H]2[C@@H](COc3ccc(NC(=O)Nc4ccccc4)cc3C(=O)N2C)O1. The molecule has 192 valence electrons. The van der Waals surface area contributed by atoms with E-state index in [2.05, 4.69) is 16.0 Å². The molecular weight excluding hydrogens is 464 g/mol. The van der Waals surface area contributed by atoms with Gasteiger partial charge in [0.15, 0.2) is 0 Å². The Bertz CT molecular complexity index is 1080. The van der Waals surface area contributed by atoms with E-state index in [9.17, 15) is 14.4 Å². The monoisotopic (exact) mass is 496 g/mol. The Morgan fingerprint density at radius 2 is 1.86 bits per heavy atom. The van der Waals surface area contributed by atoms with Crippen LogP contribution in [0.4, 0.5) is 16.2 Å². The van der Waals surface area contributed by atoms with Gasteiger partial charge >= 0.3 is 6.03 Å². The smallest absolute Gasteiger partial charge is 0.323 e. The third-order valence-electron chi connectivity index (χ3n) is 6.34. The summed E-state index contributed by atoms with van der Waals surface area (Å²) in [4.78, 5) is 39.6. The Hall–Kier alpha value is -3.63. The lowest BCUT2D eigenvalue weighted by Gasteiger charge is -2.42. The Morgan fingerprint density at radius 1 is 1.08 bits per heavy atom. The first-order chi connectivity index (χ1) is 17.4. The molecule has 2 aromatic rings. The Balaban J connectivity index is 1.40. The molecule has 0 spiro atoms. The number of urea groups is 1. The number of para-hydroxylation sites is 1.